The number of piperidine rings is 1. The van der Waals surface area contributed by atoms with Crippen LogP contribution in [0.25, 0.3) is 0 Å². The van der Waals surface area contributed by atoms with Crippen molar-refractivity contribution in [1.29, 1.82) is 0 Å². The zero-order chi connectivity index (χ0) is 14.4. The molecule has 1 aliphatic rings. The van der Waals surface area contributed by atoms with E-state index in [4.69, 9.17) is 10.0 Å². The topological polar surface area (TPSA) is 72.8 Å². The Bertz CT molecular complexity index is 448. The first-order valence-electron chi connectivity index (χ1n) is 7.13. The van der Waals surface area contributed by atoms with Crippen molar-refractivity contribution in [1.82, 2.24) is 10.2 Å². The zero-order valence-corrected chi connectivity index (χ0v) is 11.6. The van der Waals surface area contributed by atoms with Gasteiger partial charge in [-0.15, -0.1) is 0 Å². The van der Waals surface area contributed by atoms with Gasteiger partial charge in [-0.2, -0.15) is 0 Å². The van der Waals surface area contributed by atoms with Crippen molar-refractivity contribution in [2.24, 2.45) is 0 Å². The number of benzene rings is 1. The molecule has 5 nitrogen and oxygen atoms in total. The smallest absolute Gasteiger partial charge is 0.423 e. The number of likely N-dealkylation sites (tertiary alicyclic amines) is 1. The molecule has 1 fully saturated rings. The van der Waals surface area contributed by atoms with E-state index in [1.54, 1.807) is 18.2 Å². The Morgan fingerprint density at radius 3 is 2.70 bits per heavy atom. The first kappa shape index (κ1) is 15.0. The van der Waals surface area contributed by atoms with E-state index in [0.29, 0.717) is 17.6 Å². The molecule has 0 unspecified atom stereocenters. The maximum atomic E-state index is 12.0. The Morgan fingerprint density at radius 2 is 2.00 bits per heavy atom. The summed E-state index contributed by atoms with van der Waals surface area (Å²) in [6.07, 6.45) is 3.79. The van der Waals surface area contributed by atoms with Crippen molar-refractivity contribution in [2.45, 2.75) is 19.3 Å². The van der Waals surface area contributed by atoms with Gasteiger partial charge in [-0.05, 0) is 43.5 Å². The number of nitrogens with zero attached hydrogens (tertiary/aromatic N) is 1. The lowest BCUT2D eigenvalue weighted by Crippen LogP contribution is -2.38. The standard InChI is InChI=1S/C14H21BN2O3/c18-14(12-5-4-6-13(11-12)15(19)20)16-7-10-17-8-2-1-3-9-17/h4-6,11,19-20H,1-3,7-10H2,(H,16,18). The van der Waals surface area contributed by atoms with Crippen molar-refractivity contribution in [2.75, 3.05) is 26.2 Å². The molecule has 6 heteroatoms. The average Bonchev–Trinajstić information content (AvgIpc) is 2.48. The lowest BCUT2D eigenvalue weighted by atomic mass is 9.79. The molecule has 1 amide bonds. The molecule has 3 N–H and O–H groups in total. The van der Waals surface area contributed by atoms with Crippen LogP contribution in [0.5, 0.6) is 0 Å². The van der Waals surface area contributed by atoms with E-state index in [-0.39, 0.29) is 5.91 Å². The highest BCUT2D eigenvalue weighted by Gasteiger charge is 2.14. The summed E-state index contributed by atoms with van der Waals surface area (Å²) in [5, 5.41) is 21.1. The number of carbonyl (C=O) groups is 1. The molecule has 0 aromatic heterocycles. The van der Waals surface area contributed by atoms with Gasteiger partial charge in [0.05, 0.1) is 0 Å². The van der Waals surface area contributed by atoms with E-state index in [0.717, 1.165) is 19.6 Å². The van der Waals surface area contributed by atoms with Gasteiger partial charge < -0.3 is 20.3 Å². The number of hydrogen-bond acceptors (Lipinski definition) is 4. The summed E-state index contributed by atoms with van der Waals surface area (Å²) in [4.78, 5) is 14.3. The minimum Gasteiger partial charge on any atom is -0.423 e. The Balaban J connectivity index is 1.80. The molecule has 108 valence electrons. The quantitative estimate of drug-likeness (QED) is 0.639. The largest absolute Gasteiger partial charge is 0.488 e. The highest BCUT2D eigenvalue weighted by molar-refractivity contribution is 6.58. The first-order chi connectivity index (χ1) is 9.66. The Hall–Kier alpha value is -1.37. The zero-order valence-electron chi connectivity index (χ0n) is 11.6. The van der Waals surface area contributed by atoms with E-state index in [1.165, 1.54) is 25.3 Å². The Kier molecular flexibility index (Phi) is 5.58. The second-order valence-corrected chi connectivity index (χ2v) is 5.16. The second kappa shape index (κ2) is 7.43. The van der Waals surface area contributed by atoms with Crippen LogP contribution >= 0.6 is 0 Å². The van der Waals surface area contributed by atoms with Gasteiger partial charge in [0.2, 0.25) is 0 Å². The Morgan fingerprint density at radius 1 is 1.25 bits per heavy atom. The van der Waals surface area contributed by atoms with Crippen LogP contribution in [0.2, 0.25) is 0 Å². The highest BCUT2D eigenvalue weighted by atomic mass is 16.4. The highest BCUT2D eigenvalue weighted by Crippen LogP contribution is 2.07. The molecule has 1 aromatic rings. The summed E-state index contributed by atoms with van der Waals surface area (Å²) >= 11 is 0. The van der Waals surface area contributed by atoms with E-state index in [9.17, 15) is 4.79 Å². The van der Waals surface area contributed by atoms with Crippen LogP contribution in [0, 0.1) is 0 Å². The lowest BCUT2D eigenvalue weighted by molar-refractivity contribution is 0.0946. The second-order valence-electron chi connectivity index (χ2n) is 5.16. The maximum Gasteiger partial charge on any atom is 0.488 e. The molecule has 1 saturated heterocycles. The Labute approximate surface area is 119 Å². The van der Waals surface area contributed by atoms with Crippen molar-refractivity contribution >= 4 is 18.5 Å². The van der Waals surface area contributed by atoms with Crippen LogP contribution in [0.3, 0.4) is 0 Å². The number of hydrogen-bond donors (Lipinski definition) is 3. The third kappa shape index (κ3) is 4.33. The first-order valence-corrected chi connectivity index (χ1v) is 7.13. The van der Waals surface area contributed by atoms with Gasteiger partial charge in [-0.3, -0.25) is 4.79 Å². The van der Waals surface area contributed by atoms with Gasteiger partial charge in [-0.1, -0.05) is 18.6 Å². The molecule has 1 aromatic carbocycles. The molecule has 0 spiro atoms. The van der Waals surface area contributed by atoms with E-state index in [2.05, 4.69) is 10.2 Å². The third-order valence-corrected chi connectivity index (χ3v) is 3.61. The molecule has 0 radical (unpaired) electrons. The van der Waals surface area contributed by atoms with Gasteiger partial charge in [0.1, 0.15) is 0 Å². The fourth-order valence-corrected chi connectivity index (χ4v) is 2.45. The fourth-order valence-electron chi connectivity index (χ4n) is 2.45. The van der Waals surface area contributed by atoms with Crippen LogP contribution < -0.4 is 10.8 Å². The maximum absolute atomic E-state index is 12.0. The SMILES string of the molecule is O=C(NCCN1CCCCC1)c1cccc(B(O)O)c1. The van der Waals surface area contributed by atoms with Crippen molar-refractivity contribution in [3.8, 4) is 0 Å². The van der Waals surface area contributed by atoms with Crippen LogP contribution in [-0.2, 0) is 0 Å². The molecule has 0 aliphatic carbocycles. The monoisotopic (exact) mass is 276 g/mol. The van der Waals surface area contributed by atoms with Crippen LogP contribution in [0.1, 0.15) is 29.6 Å². The van der Waals surface area contributed by atoms with Crippen molar-refractivity contribution in [3.05, 3.63) is 29.8 Å². The van der Waals surface area contributed by atoms with E-state index in [1.807, 2.05) is 0 Å². The number of nitrogens with one attached hydrogen (secondary N) is 1. The minimum absolute atomic E-state index is 0.176. The number of amides is 1. The van der Waals surface area contributed by atoms with E-state index < -0.39 is 7.12 Å². The molecule has 20 heavy (non-hydrogen) atoms. The number of rotatable bonds is 5. The average molecular weight is 276 g/mol. The summed E-state index contributed by atoms with van der Waals surface area (Å²) in [5.41, 5.74) is 0.780. The number of carbonyl (C=O) groups excluding carboxylic acids is 1. The summed E-state index contributed by atoms with van der Waals surface area (Å²) < 4.78 is 0. The molecule has 0 saturated carbocycles. The van der Waals surface area contributed by atoms with Gasteiger partial charge in [0.25, 0.3) is 5.91 Å². The third-order valence-electron chi connectivity index (χ3n) is 3.61. The summed E-state index contributed by atoms with van der Waals surface area (Å²) in [6.45, 7) is 3.71. The summed E-state index contributed by atoms with van der Waals surface area (Å²) in [7, 11) is -1.55. The molecule has 2 rings (SSSR count). The summed E-state index contributed by atoms with van der Waals surface area (Å²) in [5.74, 6) is -0.176. The molecular weight excluding hydrogens is 255 g/mol. The normalized spacial score (nSPS) is 15.9. The van der Waals surface area contributed by atoms with Gasteiger partial charge in [0, 0.05) is 18.7 Å². The van der Waals surface area contributed by atoms with Crippen LogP contribution in [0.15, 0.2) is 24.3 Å². The molecule has 0 bridgehead atoms. The predicted octanol–water partition coefficient (Wildman–Crippen LogP) is -0.418. The molecule has 1 aliphatic heterocycles. The van der Waals surface area contributed by atoms with Gasteiger partial charge in [0.15, 0.2) is 0 Å². The van der Waals surface area contributed by atoms with Crippen molar-refractivity contribution < 1.29 is 14.8 Å². The molecular formula is C14H21BN2O3. The van der Waals surface area contributed by atoms with E-state index >= 15 is 0 Å². The van der Waals surface area contributed by atoms with Crippen LogP contribution in [-0.4, -0.2) is 54.2 Å². The fraction of sp³-hybridized carbons (Fsp3) is 0.500. The van der Waals surface area contributed by atoms with Gasteiger partial charge >= 0.3 is 7.12 Å². The summed E-state index contributed by atoms with van der Waals surface area (Å²) in [6, 6.07) is 6.40. The lowest BCUT2D eigenvalue weighted by Gasteiger charge is -2.26. The molecule has 1 heterocycles. The predicted molar refractivity (Wildman–Crippen MR) is 78.9 cm³/mol. The van der Waals surface area contributed by atoms with Crippen LogP contribution in [0.4, 0.5) is 0 Å². The van der Waals surface area contributed by atoms with Crippen molar-refractivity contribution in [3.63, 3.8) is 0 Å². The molecule has 0 atom stereocenters. The van der Waals surface area contributed by atoms with Gasteiger partial charge in [-0.25, -0.2) is 0 Å². The minimum atomic E-state index is -1.55.